The lowest BCUT2D eigenvalue weighted by Crippen LogP contribution is -2.48. The highest BCUT2D eigenvalue weighted by Crippen LogP contribution is 2.19. The Morgan fingerprint density at radius 3 is 2.43 bits per heavy atom. The van der Waals surface area contributed by atoms with E-state index in [1.165, 1.54) is 0 Å². The van der Waals surface area contributed by atoms with E-state index in [2.05, 4.69) is 15.6 Å². The summed E-state index contributed by atoms with van der Waals surface area (Å²) >= 11 is 0. The number of nitrogens with zero attached hydrogens (tertiary/aromatic N) is 2. The molecule has 0 saturated carbocycles. The zero-order valence-electron chi connectivity index (χ0n) is 19.8. The van der Waals surface area contributed by atoms with E-state index in [4.69, 9.17) is 11.5 Å². The van der Waals surface area contributed by atoms with Crippen LogP contribution in [0.25, 0.3) is 10.9 Å². The number of amides is 3. The monoisotopic (exact) mass is 476 g/mol. The first-order valence-electron chi connectivity index (χ1n) is 11.7. The summed E-state index contributed by atoms with van der Waals surface area (Å²) in [7, 11) is 0. The number of carbonyl (C=O) groups is 3. The van der Waals surface area contributed by atoms with Crippen LogP contribution in [0, 0.1) is 0 Å². The smallest absolute Gasteiger partial charge is 0.251 e. The molecule has 3 amide bonds. The lowest BCUT2D eigenvalue weighted by atomic mass is 10.0. The van der Waals surface area contributed by atoms with Crippen LogP contribution in [0.1, 0.15) is 31.4 Å². The molecule has 0 aliphatic rings. The van der Waals surface area contributed by atoms with E-state index in [0.717, 1.165) is 17.3 Å². The zero-order chi connectivity index (χ0) is 25.2. The SMILES string of the molecule is CCCN(CCN)C(=O)C[C@H](N)C(=O)NC(C(=O)Nc1cnc2ccccc2c1)c1ccccc1. The van der Waals surface area contributed by atoms with E-state index >= 15 is 0 Å². The number of fused-ring (bicyclic) bond motifs is 1. The van der Waals surface area contributed by atoms with Gasteiger partial charge in [-0.2, -0.15) is 0 Å². The molecule has 2 atom stereocenters. The fourth-order valence-corrected chi connectivity index (χ4v) is 3.75. The minimum atomic E-state index is -1.11. The van der Waals surface area contributed by atoms with Crippen LogP contribution in [-0.2, 0) is 14.4 Å². The Balaban J connectivity index is 1.73. The van der Waals surface area contributed by atoms with Crippen LogP contribution in [0.2, 0.25) is 0 Å². The standard InChI is InChI=1S/C26H32N6O3/c1-2-13-32(14-12-27)23(33)16-21(28)25(34)31-24(18-8-4-3-5-9-18)26(35)30-20-15-19-10-6-7-11-22(19)29-17-20/h3-11,15,17,21,24H,2,12-14,16,27-28H2,1H3,(H,30,35)(H,31,34)/t21-,24?/m0/s1. The van der Waals surface area contributed by atoms with E-state index in [0.29, 0.717) is 30.9 Å². The number of para-hydroxylation sites is 1. The lowest BCUT2D eigenvalue weighted by molar-refractivity contribution is -0.134. The molecule has 9 nitrogen and oxygen atoms in total. The molecule has 0 radical (unpaired) electrons. The molecule has 0 aliphatic carbocycles. The number of hydrogen-bond donors (Lipinski definition) is 4. The van der Waals surface area contributed by atoms with Crippen molar-refractivity contribution >= 4 is 34.3 Å². The van der Waals surface area contributed by atoms with E-state index < -0.39 is 23.9 Å². The highest BCUT2D eigenvalue weighted by molar-refractivity contribution is 6.00. The first-order valence-corrected chi connectivity index (χ1v) is 11.7. The summed E-state index contributed by atoms with van der Waals surface area (Å²) in [6.45, 7) is 3.22. The molecule has 1 aromatic heterocycles. The zero-order valence-corrected chi connectivity index (χ0v) is 19.8. The quantitative estimate of drug-likeness (QED) is 0.333. The first kappa shape index (κ1) is 25.8. The fourth-order valence-electron chi connectivity index (χ4n) is 3.75. The van der Waals surface area contributed by atoms with Crippen LogP contribution in [0.15, 0.2) is 66.9 Å². The highest BCUT2D eigenvalue weighted by atomic mass is 16.2. The molecule has 184 valence electrons. The third-order valence-electron chi connectivity index (χ3n) is 5.52. The maximum Gasteiger partial charge on any atom is 0.251 e. The van der Waals surface area contributed by atoms with Gasteiger partial charge in [-0.1, -0.05) is 55.5 Å². The Kier molecular flexibility index (Phi) is 9.28. The van der Waals surface area contributed by atoms with E-state index in [-0.39, 0.29) is 12.3 Å². The second-order valence-electron chi connectivity index (χ2n) is 8.24. The number of rotatable bonds is 11. The molecule has 1 unspecified atom stereocenters. The van der Waals surface area contributed by atoms with Gasteiger partial charge in [-0.25, -0.2) is 0 Å². The molecule has 1 heterocycles. The Hall–Kier alpha value is -3.82. The molecule has 3 rings (SSSR count). The molecule has 0 bridgehead atoms. The Labute approximate surface area is 204 Å². The number of anilines is 1. The molecule has 0 spiro atoms. The molecule has 9 heteroatoms. The van der Waals surface area contributed by atoms with Crippen molar-refractivity contribution in [2.75, 3.05) is 25.0 Å². The van der Waals surface area contributed by atoms with Crippen LogP contribution in [0.5, 0.6) is 0 Å². The summed E-state index contributed by atoms with van der Waals surface area (Å²) in [6, 6.07) is 16.1. The van der Waals surface area contributed by atoms with Gasteiger partial charge in [0.1, 0.15) is 6.04 Å². The number of nitrogens with two attached hydrogens (primary N) is 2. The van der Waals surface area contributed by atoms with Gasteiger partial charge in [-0.05, 0) is 24.1 Å². The summed E-state index contributed by atoms with van der Waals surface area (Å²) in [4.78, 5) is 44.7. The van der Waals surface area contributed by atoms with Crippen molar-refractivity contribution in [3.63, 3.8) is 0 Å². The van der Waals surface area contributed by atoms with Gasteiger partial charge in [0, 0.05) is 25.0 Å². The Morgan fingerprint density at radius 1 is 1.00 bits per heavy atom. The van der Waals surface area contributed by atoms with Gasteiger partial charge < -0.3 is 27.0 Å². The number of hydrogen-bond acceptors (Lipinski definition) is 6. The average molecular weight is 477 g/mol. The summed E-state index contributed by atoms with van der Waals surface area (Å²) < 4.78 is 0. The van der Waals surface area contributed by atoms with Crippen LogP contribution in [0.3, 0.4) is 0 Å². The van der Waals surface area contributed by atoms with Crippen molar-refractivity contribution in [3.05, 3.63) is 72.4 Å². The molecule has 2 aromatic carbocycles. The topological polar surface area (TPSA) is 143 Å². The molecule has 3 aromatic rings. The van der Waals surface area contributed by atoms with Gasteiger partial charge in [0.05, 0.1) is 29.9 Å². The maximum absolute atomic E-state index is 13.2. The number of carbonyl (C=O) groups excluding carboxylic acids is 3. The summed E-state index contributed by atoms with van der Waals surface area (Å²) in [5.74, 6) is -1.29. The largest absolute Gasteiger partial charge is 0.341 e. The van der Waals surface area contributed by atoms with Crippen molar-refractivity contribution in [2.45, 2.75) is 31.8 Å². The second-order valence-corrected chi connectivity index (χ2v) is 8.24. The summed E-state index contributed by atoms with van der Waals surface area (Å²) in [5, 5.41) is 6.41. The maximum atomic E-state index is 13.2. The van der Waals surface area contributed by atoms with Crippen LogP contribution in [-0.4, -0.2) is 53.3 Å². The molecule has 0 fully saturated rings. The summed E-state index contributed by atoms with van der Waals surface area (Å²) in [6.07, 6.45) is 2.16. The number of pyridine rings is 1. The fraction of sp³-hybridized carbons (Fsp3) is 0.308. The number of aromatic nitrogens is 1. The van der Waals surface area contributed by atoms with Crippen molar-refractivity contribution < 1.29 is 14.4 Å². The van der Waals surface area contributed by atoms with Gasteiger partial charge in [0.2, 0.25) is 11.8 Å². The van der Waals surface area contributed by atoms with Crippen LogP contribution < -0.4 is 22.1 Å². The van der Waals surface area contributed by atoms with Crippen molar-refractivity contribution in [1.82, 2.24) is 15.2 Å². The predicted molar refractivity (Wildman–Crippen MR) is 136 cm³/mol. The lowest BCUT2D eigenvalue weighted by Gasteiger charge is -2.24. The van der Waals surface area contributed by atoms with Gasteiger partial charge in [-0.15, -0.1) is 0 Å². The first-order chi connectivity index (χ1) is 16.9. The van der Waals surface area contributed by atoms with Gasteiger partial charge in [-0.3, -0.25) is 19.4 Å². The van der Waals surface area contributed by atoms with Crippen LogP contribution in [0.4, 0.5) is 5.69 Å². The Morgan fingerprint density at radius 2 is 1.71 bits per heavy atom. The number of nitrogens with one attached hydrogen (secondary N) is 2. The van der Waals surface area contributed by atoms with Gasteiger partial charge in [0.25, 0.3) is 5.91 Å². The normalized spacial score (nSPS) is 12.5. The minimum Gasteiger partial charge on any atom is -0.341 e. The second kappa shape index (κ2) is 12.6. The molecular formula is C26H32N6O3. The van der Waals surface area contributed by atoms with Crippen molar-refractivity contribution in [3.8, 4) is 0 Å². The van der Waals surface area contributed by atoms with Crippen molar-refractivity contribution in [2.24, 2.45) is 11.5 Å². The minimum absolute atomic E-state index is 0.177. The third-order valence-corrected chi connectivity index (χ3v) is 5.52. The molecule has 6 N–H and O–H groups in total. The van der Waals surface area contributed by atoms with Crippen LogP contribution >= 0.6 is 0 Å². The predicted octanol–water partition coefficient (Wildman–Crippen LogP) is 1.95. The van der Waals surface area contributed by atoms with Crippen molar-refractivity contribution in [1.29, 1.82) is 0 Å². The van der Waals surface area contributed by atoms with Gasteiger partial charge in [0.15, 0.2) is 0 Å². The van der Waals surface area contributed by atoms with E-state index in [1.807, 2.05) is 43.3 Å². The summed E-state index contributed by atoms with van der Waals surface area (Å²) in [5.41, 5.74) is 13.5. The Bertz CT molecular complexity index is 1150. The molecular weight excluding hydrogens is 444 g/mol. The molecule has 35 heavy (non-hydrogen) atoms. The molecule has 0 aliphatic heterocycles. The molecule has 0 saturated heterocycles. The average Bonchev–Trinajstić information content (AvgIpc) is 2.87. The van der Waals surface area contributed by atoms with E-state index in [1.54, 1.807) is 35.4 Å². The number of benzene rings is 2. The third kappa shape index (κ3) is 7.08. The van der Waals surface area contributed by atoms with E-state index in [9.17, 15) is 14.4 Å². The highest BCUT2D eigenvalue weighted by Gasteiger charge is 2.27. The van der Waals surface area contributed by atoms with Gasteiger partial charge >= 0.3 is 0 Å².